The Balaban J connectivity index is 1.56. The highest BCUT2D eigenvalue weighted by molar-refractivity contribution is 6.31. The van der Waals surface area contributed by atoms with Gasteiger partial charge in [-0.2, -0.15) is 0 Å². The molecule has 3 rings (SSSR count). The van der Waals surface area contributed by atoms with Gasteiger partial charge >= 0.3 is 5.97 Å². The molecule has 1 amide bonds. The second kappa shape index (κ2) is 12.7. The van der Waals surface area contributed by atoms with Crippen molar-refractivity contribution in [3.63, 3.8) is 0 Å². The average Bonchev–Trinajstić information content (AvgIpc) is 2.82. The van der Waals surface area contributed by atoms with Crippen molar-refractivity contribution in [2.75, 3.05) is 11.9 Å². The normalized spacial score (nSPS) is 10.5. The molecular formula is C28H28ClNO5. The molecule has 0 heterocycles. The van der Waals surface area contributed by atoms with Crippen molar-refractivity contribution in [2.45, 2.75) is 39.7 Å². The van der Waals surface area contributed by atoms with Gasteiger partial charge in [0, 0.05) is 11.4 Å². The molecule has 2 N–H and O–H groups in total. The van der Waals surface area contributed by atoms with Crippen LogP contribution in [-0.2, 0) is 17.8 Å². The number of carbonyl (C=O) groups excluding carboxylic acids is 1. The molecule has 0 fully saturated rings. The standard InChI is InChI=1S/C28H28ClNO5/c1-19(2)16-20-5-7-21(8-6-20)18-35-24-12-10-23(11-13-24)30-28(33)25-17-22(29)9-14-26(25)34-15-3-4-27(31)32/h5-10,12,14,17,19H,3-4,15-16,18H2,1-2H3,(H,30,33)(H,31,32). The zero-order valence-electron chi connectivity index (χ0n) is 19.8. The SMILES string of the molecule is CC(C)Cc1ccc(COc2c#cc(NC(=O)c3cc(Cl)ccc3OCCCC(=O)O)cc2)cc1. The van der Waals surface area contributed by atoms with E-state index in [-0.39, 0.29) is 18.6 Å². The lowest BCUT2D eigenvalue weighted by Gasteiger charge is -2.12. The molecule has 0 unspecified atom stereocenters. The van der Waals surface area contributed by atoms with Gasteiger partial charge in [0.25, 0.3) is 5.91 Å². The maximum Gasteiger partial charge on any atom is 0.303 e. The third-order valence-electron chi connectivity index (χ3n) is 5.01. The van der Waals surface area contributed by atoms with Crippen LogP contribution in [0.4, 0.5) is 5.69 Å². The van der Waals surface area contributed by atoms with Crippen molar-refractivity contribution in [3.05, 3.63) is 88.4 Å². The molecule has 35 heavy (non-hydrogen) atoms. The highest BCUT2D eigenvalue weighted by Gasteiger charge is 2.14. The van der Waals surface area contributed by atoms with E-state index in [4.69, 9.17) is 26.2 Å². The number of carboxylic acid groups (broad SMARTS) is 1. The number of carboxylic acids is 1. The monoisotopic (exact) mass is 493 g/mol. The van der Waals surface area contributed by atoms with E-state index in [1.807, 2.05) is 0 Å². The summed E-state index contributed by atoms with van der Waals surface area (Å²) in [5, 5.41) is 11.9. The predicted molar refractivity (Wildman–Crippen MR) is 135 cm³/mol. The fraction of sp³-hybridized carbons (Fsp3) is 0.286. The van der Waals surface area contributed by atoms with Crippen LogP contribution >= 0.6 is 11.6 Å². The molecule has 0 aliphatic rings. The van der Waals surface area contributed by atoms with Gasteiger partial charge in [-0.15, -0.1) is 0 Å². The van der Waals surface area contributed by atoms with Gasteiger partial charge in [-0.1, -0.05) is 49.7 Å². The molecule has 7 heteroatoms. The Morgan fingerprint density at radius 1 is 1.00 bits per heavy atom. The zero-order valence-corrected chi connectivity index (χ0v) is 20.5. The minimum atomic E-state index is -0.901. The van der Waals surface area contributed by atoms with Crippen molar-refractivity contribution < 1.29 is 24.2 Å². The van der Waals surface area contributed by atoms with E-state index < -0.39 is 11.9 Å². The Morgan fingerprint density at radius 2 is 1.74 bits per heavy atom. The average molecular weight is 494 g/mol. The third-order valence-corrected chi connectivity index (χ3v) is 5.25. The highest BCUT2D eigenvalue weighted by atomic mass is 35.5. The molecule has 0 spiro atoms. The fourth-order valence-corrected chi connectivity index (χ4v) is 3.51. The van der Waals surface area contributed by atoms with E-state index in [0.717, 1.165) is 12.0 Å². The molecule has 0 saturated heterocycles. The summed E-state index contributed by atoms with van der Waals surface area (Å²) >= 11 is 6.06. The van der Waals surface area contributed by atoms with E-state index in [1.165, 1.54) is 11.6 Å². The molecule has 0 saturated carbocycles. The number of amides is 1. The maximum atomic E-state index is 12.8. The summed E-state index contributed by atoms with van der Waals surface area (Å²) < 4.78 is 11.4. The molecule has 3 aromatic rings. The molecule has 3 aromatic carbocycles. The second-order valence-electron chi connectivity index (χ2n) is 8.50. The van der Waals surface area contributed by atoms with Crippen molar-refractivity contribution in [1.29, 1.82) is 0 Å². The number of hydrogen-bond acceptors (Lipinski definition) is 4. The minimum Gasteiger partial charge on any atom is -0.493 e. The Kier molecular flexibility index (Phi) is 9.39. The smallest absolute Gasteiger partial charge is 0.303 e. The van der Waals surface area contributed by atoms with E-state index in [2.05, 4.69) is 55.6 Å². The number of rotatable bonds is 12. The molecule has 0 aliphatic carbocycles. The van der Waals surface area contributed by atoms with Crippen LogP contribution in [-0.4, -0.2) is 23.6 Å². The number of ether oxygens (including phenoxy) is 2. The Morgan fingerprint density at radius 3 is 2.40 bits per heavy atom. The number of carbonyl (C=O) groups is 2. The first kappa shape index (κ1) is 25.9. The Labute approximate surface area is 210 Å². The van der Waals surface area contributed by atoms with E-state index in [1.54, 1.807) is 24.3 Å². The quantitative estimate of drug-likeness (QED) is 0.293. The molecule has 0 atom stereocenters. The summed E-state index contributed by atoms with van der Waals surface area (Å²) in [6, 6.07) is 22.2. The third kappa shape index (κ3) is 8.55. The molecule has 0 aliphatic heterocycles. The summed E-state index contributed by atoms with van der Waals surface area (Å²) in [4.78, 5) is 23.5. The number of hydrogen-bond donors (Lipinski definition) is 2. The Bertz CT molecular complexity index is 1130. The highest BCUT2D eigenvalue weighted by Crippen LogP contribution is 2.24. The summed E-state index contributed by atoms with van der Waals surface area (Å²) in [5.74, 6) is 0.116. The van der Waals surface area contributed by atoms with Gasteiger partial charge in [-0.3, -0.25) is 9.59 Å². The maximum absolute atomic E-state index is 12.8. The summed E-state index contributed by atoms with van der Waals surface area (Å²) in [6.07, 6.45) is 1.35. The van der Waals surface area contributed by atoms with Crippen LogP contribution < -0.4 is 14.8 Å². The number of anilines is 1. The first-order chi connectivity index (χ1) is 16.8. The van der Waals surface area contributed by atoms with Crippen LogP contribution in [0.25, 0.3) is 0 Å². The number of nitrogens with one attached hydrogen (secondary N) is 1. The number of halogens is 1. The van der Waals surface area contributed by atoms with Crippen LogP contribution in [0.1, 0.15) is 48.2 Å². The lowest BCUT2D eigenvalue weighted by molar-refractivity contribution is -0.137. The van der Waals surface area contributed by atoms with Crippen molar-refractivity contribution in [2.24, 2.45) is 5.92 Å². The molecule has 182 valence electrons. The lowest BCUT2D eigenvalue weighted by atomic mass is 10.0. The summed E-state index contributed by atoms with van der Waals surface area (Å²) in [6.45, 7) is 4.97. The van der Waals surface area contributed by atoms with Crippen molar-refractivity contribution in [1.82, 2.24) is 0 Å². The molecule has 6 nitrogen and oxygen atoms in total. The Hall–Kier alpha value is -3.69. The van der Waals surface area contributed by atoms with Crippen LogP contribution in [0, 0.1) is 18.1 Å². The topological polar surface area (TPSA) is 84.9 Å². The van der Waals surface area contributed by atoms with E-state index >= 15 is 0 Å². The van der Waals surface area contributed by atoms with Crippen LogP contribution in [0.15, 0.2) is 54.6 Å². The fourth-order valence-electron chi connectivity index (χ4n) is 3.33. The van der Waals surface area contributed by atoms with Gasteiger partial charge in [0.2, 0.25) is 0 Å². The van der Waals surface area contributed by atoms with Gasteiger partial charge in [-0.05, 0) is 72.4 Å². The van der Waals surface area contributed by atoms with Gasteiger partial charge in [0.05, 0.1) is 17.9 Å². The molecule has 0 aromatic heterocycles. The number of benzene rings is 2. The van der Waals surface area contributed by atoms with Gasteiger partial charge < -0.3 is 19.9 Å². The second-order valence-corrected chi connectivity index (χ2v) is 8.94. The lowest BCUT2D eigenvalue weighted by Crippen LogP contribution is -2.14. The van der Waals surface area contributed by atoms with Gasteiger partial charge in [0.1, 0.15) is 12.4 Å². The van der Waals surface area contributed by atoms with Crippen molar-refractivity contribution in [3.8, 4) is 11.5 Å². The summed E-state index contributed by atoms with van der Waals surface area (Å²) in [7, 11) is 0. The van der Waals surface area contributed by atoms with Crippen LogP contribution in [0.5, 0.6) is 11.5 Å². The van der Waals surface area contributed by atoms with Gasteiger partial charge in [0.15, 0.2) is 5.75 Å². The van der Waals surface area contributed by atoms with Crippen LogP contribution in [0.3, 0.4) is 0 Å². The largest absolute Gasteiger partial charge is 0.493 e. The van der Waals surface area contributed by atoms with Crippen LogP contribution in [0.2, 0.25) is 5.02 Å². The van der Waals surface area contributed by atoms with Gasteiger partial charge in [-0.25, -0.2) is 0 Å². The number of aliphatic carboxylic acids is 1. The predicted octanol–water partition coefficient (Wildman–Crippen LogP) is 6.21. The van der Waals surface area contributed by atoms with E-state index in [9.17, 15) is 9.59 Å². The first-order valence-corrected chi connectivity index (χ1v) is 11.8. The van der Waals surface area contributed by atoms with Crippen molar-refractivity contribution >= 4 is 29.2 Å². The van der Waals surface area contributed by atoms with E-state index in [0.29, 0.717) is 41.2 Å². The molecule has 0 radical (unpaired) electrons. The molecule has 0 bridgehead atoms. The summed E-state index contributed by atoms with van der Waals surface area (Å²) in [5.41, 5.74) is 3.01. The zero-order chi connectivity index (χ0) is 25.2. The molecular weight excluding hydrogens is 466 g/mol. The first-order valence-electron chi connectivity index (χ1n) is 11.4. The minimum absolute atomic E-state index is 0.0161.